The van der Waals surface area contributed by atoms with Gasteiger partial charge in [-0.1, -0.05) is 47.5 Å². The van der Waals surface area contributed by atoms with E-state index < -0.39 is 0 Å². The van der Waals surface area contributed by atoms with Gasteiger partial charge in [0.05, 0.1) is 40.6 Å². The van der Waals surface area contributed by atoms with Crippen LogP contribution in [0.5, 0.6) is 11.5 Å². The van der Waals surface area contributed by atoms with E-state index in [1.807, 2.05) is 30.3 Å². The molecule has 2 aromatic heterocycles. The summed E-state index contributed by atoms with van der Waals surface area (Å²) in [6, 6.07) is 20.2. The monoisotopic (exact) mass is 517 g/mol. The number of rotatable bonds is 6. The van der Waals surface area contributed by atoms with Crippen molar-refractivity contribution in [3.8, 4) is 22.8 Å². The molecule has 0 bridgehead atoms. The number of carbonyl (C=O) groups is 1. The zero-order chi connectivity index (χ0) is 25.2. The van der Waals surface area contributed by atoms with E-state index in [0.717, 1.165) is 32.9 Å². The van der Waals surface area contributed by atoms with Gasteiger partial charge in [-0.3, -0.25) is 4.79 Å². The number of fused-ring (bicyclic) bond motifs is 3. The van der Waals surface area contributed by atoms with Crippen molar-refractivity contribution in [2.24, 2.45) is 0 Å². The maximum atomic E-state index is 12.5. The minimum atomic E-state index is -0.269. The van der Waals surface area contributed by atoms with Crippen LogP contribution in [0.25, 0.3) is 39.1 Å². The molecule has 0 atom stereocenters. The number of phenols is 1. The Kier molecular flexibility index (Phi) is 6.55. The number of pyridine rings is 1. The topological polar surface area (TPSA) is 87.2 Å². The van der Waals surface area contributed by atoms with Gasteiger partial charge in [-0.25, -0.2) is 4.98 Å². The molecule has 180 valence electrons. The number of methoxy groups -OCH3 is 1. The van der Waals surface area contributed by atoms with E-state index in [1.165, 1.54) is 13.2 Å². The van der Waals surface area contributed by atoms with Gasteiger partial charge in [-0.05, 0) is 54.1 Å². The molecule has 0 unspecified atom stereocenters. The largest absolute Gasteiger partial charge is 0.504 e. The van der Waals surface area contributed by atoms with E-state index in [4.69, 9.17) is 32.9 Å². The van der Waals surface area contributed by atoms with Crippen molar-refractivity contribution < 1.29 is 14.6 Å². The Morgan fingerprint density at radius 3 is 2.69 bits per heavy atom. The molecule has 3 N–H and O–H groups in total. The SMILES string of the molecule is COc1cc(-c2nc(CNC(=O)/C=C/c3ccc(Cl)c(Cl)c3)cc3c2[nH]c2ccccc23)ccc1O. The second-order valence-corrected chi connectivity index (χ2v) is 8.98. The third kappa shape index (κ3) is 4.73. The number of aromatic nitrogens is 2. The zero-order valence-electron chi connectivity index (χ0n) is 19.2. The van der Waals surface area contributed by atoms with Crippen LogP contribution >= 0.6 is 23.2 Å². The predicted molar refractivity (Wildman–Crippen MR) is 145 cm³/mol. The number of ether oxygens (including phenoxy) is 1. The van der Waals surface area contributed by atoms with Crippen molar-refractivity contribution in [3.63, 3.8) is 0 Å². The van der Waals surface area contributed by atoms with Crippen LogP contribution in [0.3, 0.4) is 0 Å². The summed E-state index contributed by atoms with van der Waals surface area (Å²) in [7, 11) is 1.50. The first kappa shape index (κ1) is 23.7. The molecular weight excluding hydrogens is 497 g/mol. The summed E-state index contributed by atoms with van der Waals surface area (Å²) < 4.78 is 5.30. The predicted octanol–water partition coefficient (Wildman–Crippen LogP) is 6.73. The number of hydrogen-bond acceptors (Lipinski definition) is 4. The van der Waals surface area contributed by atoms with Crippen molar-refractivity contribution in [1.82, 2.24) is 15.3 Å². The Morgan fingerprint density at radius 2 is 1.89 bits per heavy atom. The number of aromatic amines is 1. The quantitative estimate of drug-likeness (QED) is 0.218. The van der Waals surface area contributed by atoms with Crippen molar-refractivity contribution >= 4 is 57.0 Å². The fourth-order valence-electron chi connectivity index (χ4n) is 4.05. The summed E-state index contributed by atoms with van der Waals surface area (Å²) in [5, 5.41) is 15.9. The first-order valence-corrected chi connectivity index (χ1v) is 11.9. The van der Waals surface area contributed by atoms with Crippen LogP contribution in [0.15, 0.2) is 72.8 Å². The fraction of sp³-hybridized carbons (Fsp3) is 0.0714. The molecule has 1 amide bonds. The third-order valence-electron chi connectivity index (χ3n) is 5.82. The Hall–Kier alpha value is -4.00. The van der Waals surface area contributed by atoms with Gasteiger partial charge in [0.25, 0.3) is 0 Å². The second kappa shape index (κ2) is 9.93. The molecule has 8 heteroatoms. The highest BCUT2D eigenvalue weighted by Crippen LogP contribution is 2.36. The number of phenolic OH excluding ortho intramolecular Hbond substituents is 1. The van der Waals surface area contributed by atoms with Crippen LogP contribution in [-0.2, 0) is 11.3 Å². The number of aromatic hydroxyl groups is 1. The van der Waals surface area contributed by atoms with Crippen molar-refractivity contribution in [2.75, 3.05) is 7.11 Å². The third-order valence-corrected chi connectivity index (χ3v) is 6.56. The average Bonchev–Trinajstić information content (AvgIpc) is 3.26. The van der Waals surface area contributed by atoms with Gasteiger partial charge in [0.1, 0.15) is 0 Å². The molecule has 0 aliphatic carbocycles. The number of halogens is 2. The van der Waals surface area contributed by atoms with Gasteiger partial charge in [0, 0.05) is 27.9 Å². The molecule has 5 rings (SSSR count). The Balaban J connectivity index is 1.48. The minimum absolute atomic E-state index is 0.0475. The number of para-hydroxylation sites is 1. The molecule has 0 saturated heterocycles. The van der Waals surface area contributed by atoms with Gasteiger partial charge in [0.2, 0.25) is 5.91 Å². The van der Waals surface area contributed by atoms with E-state index in [0.29, 0.717) is 27.2 Å². The lowest BCUT2D eigenvalue weighted by Crippen LogP contribution is -2.21. The Morgan fingerprint density at radius 1 is 1.06 bits per heavy atom. The lowest BCUT2D eigenvalue weighted by Gasteiger charge is -2.10. The lowest BCUT2D eigenvalue weighted by molar-refractivity contribution is -0.116. The van der Waals surface area contributed by atoms with Gasteiger partial charge in [-0.15, -0.1) is 0 Å². The number of nitrogens with one attached hydrogen (secondary N) is 2. The first-order chi connectivity index (χ1) is 17.4. The summed E-state index contributed by atoms with van der Waals surface area (Å²) in [6.45, 7) is 0.224. The number of hydrogen-bond donors (Lipinski definition) is 3. The molecular formula is C28H21Cl2N3O3. The number of benzene rings is 3. The fourth-order valence-corrected chi connectivity index (χ4v) is 4.35. The maximum Gasteiger partial charge on any atom is 0.244 e. The summed E-state index contributed by atoms with van der Waals surface area (Å²) in [5.41, 5.74) is 4.75. The number of nitrogens with zero attached hydrogens (tertiary/aromatic N) is 1. The molecule has 3 aromatic carbocycles. The highest BCUT2D eigenvalue weighted by atomic mass is 35.5. The molecule has 0 spiro atoms. The molecule has 0 aliphatic heterocycles. The summed E-state index contributed by atoms with van der Waals surface area (Å²) in [5.74, 6) is 0.130. The van der Waals surface area contributed by atoms with Crippen LogP contribution in [0.2, 0.25) is 10.0 Å². The second-order valence-electron chi connectivity index (χ2n) is 8.17. The summed E-state index contributed by atoms with van der Waals surface area (Å²) in [6.07, 6.45) is 3.11. The van der Waals surface area contributed by atoms with Crippen molar-refractivity contribution in [1.29, 1.82) is 0 Å². The number of carbonyl (C=O) groups excluding carboxylic acids is 1. The summed E-state index contributed by atoms with van der Waals surface area (Å²) in [4.78, 5) is 20.8. The van der Waals surface area contributed by atoms with E-state index >= 15 is 0 Å². The lowest BCUT2D eigenvalue weighted by atomic mass is 10.1. The van der Waals surface area contributed by atoms with E-state index in [-0.39, 0.29) is 18.2 Å². The van der Waals surface area contributed by atoms with Gasteiger partial charge < -0.3 is 20.1 Å². The van der Waals surface area contributed by atoms with Crippen LogP contribution in [0.1, 0.15) is 11.3 Å². The number of H-pyrrole nitrogens is 1. The van der Waals surface area contributed by atoms with Crippen molar-refractivity contribution in [2.45, 2.75) is 6.54 Å². The molecule has 6 nitrogen and oxygen atoms in total. The highest BCUT2D eigenvalue weighted by Gasteiger charge is 2.15. The average molecular weight is 518 g/mol. The molecule has 5 aromatic rings. The Bertz CT molecular complexity index is 1640. The molecule has 0 radical (unpaired) electrons. The Labute approximate surface area is 217 Å². The van der Waals surface area contributed by atoms with Crippen molar-refractivity contribution in [3.05, 3.63) is 94.1 Å². The van der Waals surface area contributed by atoms with Gasteiger partial charge in [-0.2, -0.15) is 0 Å². The van der Waals surface area contributed by atoms with E-state index in [9.17, 15) is 9.90 Å². The summed E-state index contributed by atoms with van der Waals surface area (Å²) >= 11 is 12.0. The highest BCUT2D eigenvalue weighted by molar-refractivity contribution is 6.42. The number of amides is 1. The minimum Gasteiger partial charge on any atom is -0.504 e. The zero-order valence-corrected chi connectivity index (χ0v) is 20.7. The maximum absolute atomic E-state index is 12.5. The van der Waals surface area contributed by atoms with E-state index in [1.54, 1.807) is 42.5 Å². The smallest absolute Gasteiger partial charge is 0.244 e. The van der Waals surface area contributed by atoms with E-state index in [2.05, 4.69) is 10.3 Å². The molecule has 0 saturated carbocycles. The van der Waals surface area contributed by atoms with Gasteiger partial charge in [0.15, 0.2) is 11.5 Å². The molecule has 2 heterocycles. The van der Waals surface area contributed by atoms with Gasteiger partial charge >= 0.3 is 0 Å². The first-order valence-electron chi connectivity index (χ1n) is 11.1. The standard InChI is InChI=1S/C28H21Cl2N3O3/c1-36-25-13-17(8-10-24(25)34)27-28-20(19-4-2-3-5-23(19)33-28)14-18(32-27)15-31-26(35)11-7-16-6-9-21(29)22(30)12-16/h2-14,33-34H,15H2,1H3,(H,31,35)/b11-7+. The molecule has 36 heavy (non-hydrogen) atoms. The normalized spacial score (nSPS) is 11.4. The van der Waals surface area contributed by atoms with Crippen LogP contribution in [0, 0.1) is 0 Å². The van der Waals surface area contributed by atoms with Crippen LogP contribution < -0.4 is 10.1 Å². The van der Waals surface area contributed by atoms with Crippen LogP contribution in [0.4, 0.5) is 0 Å². The van der Waals surface area contributed by atoms with Crippen LogP contribution in [-0.4, -0.2) is 28.1 Å². The molecule has 0 fully saturated rings. The molecule has 0 aliphatic rings.